The molecule has 0 aromatic rings. The molecule has 0 bridgehead atoms. The Kier molecular flexibility index (Phi) is 5.98. The van der Waals surface area contributed by atoms with Gasteiger partial charge in [0, 0.05) is 26.1 Å². The molecule has 0 unspecified atom stereocenters. The van der Waals surface area contributed by atoms with Gasteiger partial charge in [-0.1, -0.05) is 12.2 Å². The second-order valence-electron chi connectivity index (χ2n) is 4.74. The second kappa shape index (κ2) is 7.01. The summed E-state index contributed by atoms with van der Waals surface area (Å²) in [5.41, 5.74) is 5.31. The van der Waals surface area contributed by atoms with Crippen LogP contribution in [0.4, 0.5) is 0 Å². The van der Waals surface area contributed by atoms with Gasteiger partial charge >= 0.3 is 0 Å². The van der Waals surface area contributed by atoms with Crippen molar-refractivity contribution in [1.82, 2.24) is 10.2 Å². The third-order valence-corrected chi connectivity index (χ3v) is 3.76. The lowest BCUT2D eigenvalue weighted by Gasteiger charge is -2.40. The lowest BCUT2D eigenvalue weighted by atomic mass is 9.87. The fraction of sp³-hybridized carbons (Fsp3) is 0.833. The Morgan fingerprint density at radius 2 is 2.11 bits per heavy atom. The lowest BCUT2D eigenvalue weighted by Crippen LogP contribution is -2.61. The summed E-state index contributed by atoms with van der Waals surface area (Å²) in [6.45, 7) is 4.76. The highest BCUT2D eigenvalue weighted by Crippen LogP contribution is 2.22. The molecule has 1 amide bonds. The van der Waals surface area contributed by atoms with E-state index in [0.29, 0.717) is 24.6 Å². The number of hydrogen-bond donors (Lipinski definition) is 2. The number of piperidine rings is 1. The highest BCUT2D eigenvalue weighted by molar-refractivity contribution is 7.80. The smallest absolute Gasteiger partial charge is 0.223 e. The molecular weight excluding hydrogens is 250 g/mol. The van der Waals surface area contributed by atoms with E-state index < -0.39 is 5.54 Å². The zero-order chi connectivity index (χ0) is 13.6. The third-order valence-electron chi connectivity index (χ3n) is 3.37. The monoisotopic (exact) mass is 273 g/mol. The van der Waals surface area contributed by atoms with Crippen molar-refractivity contribution in [1.29, 1.82) is 0 Å². The van der Waals surface area contributed by atoms with E-state index in [0.717, 1.165) is 25.9 Å². The molecule has 1 saturated heterocycles. The summed E-state index contributed by atoms with van der Waals surface area (Å²) in [4.78, 5) is 14.5. The van der Waals surface area contributed by atoms with Crippen LogP contribution in [0.1, 0.15) is 26.2 Å². The first kappa shape index (κ1) is 15.3. The number of amides is 1. The second-order valence-corrected chi connectivity index (χ2v) is 5.18. The molecule has 6 heteroatoms. The number of carbonyl (C=O) groups excluding carboxylic acids is 1. The first-order valence-corrected chi connectivity index (χ1v) is 6.78. The fourth-order valence-electron chi connectivity index (χ4n) is 2.07. The minimum atomic E-state index is -0.509. The molecule has 1 aliphatic heterocycles. The van der Waals surface area contributed by atoms with E-state index in [-0.39, 0.29) is 5.91 Å². The molecular formula is C12H23N3O2S. The molecule has 1 heterocycles. The van der Waals surface area contributed by atoms with E-state index in [1.54, 1.807) is 0 Å². The SMILES string of the molecule is CCOCCC(=O)NC1(C(N)=S)CCN(C)CC1. The molecule has 3 N–H and O–H groups in total. The van der Waals surface area contributed by atoms with Crippen molar-refractivity contribution in [2.24, 2.45) is 5.73 Å². The Hall–Kier alpha value is -0.720. The van der Waals surface area contributed by atoms with Gasteiger partial charge < -0.3 is 20.7 Å². The lowest BCUT2D eigenvalue weighted by molar-refractivity contribution is -0.123. The molecule has 1 aliphatic rings. The summed E-state index contributed by atoms with van der Waals surface area (Å²) >= 11 is 5.13. The van der Waals surface area contributed by atoms with Crippen LogP contribution in [0.25, 0.3) is 0 Å². The first-order valence-electron chi connectivity index (χ1n) is 6.37. The van der Waals surface area contributed by atoms with Crippen LogP contribution in [-0.4, -0.2) is 54.7 Å². The summed E-state index contributed by atoms with van der Waals surface area (Å²) in [5.74, 6) is -0.0409. The first-order chi connectivity index (χ1) is 8.50. The number of hydrogen-bond acceptors (Lipinski definition) is 4. The van der Waals surface area contributed by atoms with E-state index in [1.165, 1.54) is 0 Å². The van der Waals surface area contributed by atoms with Gasteiger partial charge in [0.25, 0.3) is 0 Å². The number of ether oxygens (including phenoxy) is 1. The Labute approximate surface area is 114 Å². The molecule has 5 nitrogen and oxygen atoms in total. The van der Waals surface area contributed by atoms with Gasteiger partial charge in [0.05, 0.1) is 17.1 Å². The minimum absolute atomic E-state index is 0.0409. The summed E-state index contributed by atoms with van der Waals surface area (Å²) in [7, 11) is 2.06. The van der Waals surface area contributed by atoms with Crippen LogP contribution in [0, 0.1) is 0 Å². The number of nitrogens with two attached hydrogens (primary N) is 1. The highest BCUT2D eigenvalue weighted by atomic mass is 32.1. The fourth-order valence-corrected chi connectivity index (χ4v) is 2.33. The van der Waals surface area contributed by atoms with E-state index in [2.05, 4.69) is 17.3 Å². The van der Waals surface area contributed by atoms with Gasteiger partial charge in [-0.15, -0.1) is 0 Å². The Balaban J connectivity index is 2.52. The molecule has 0 atom stereocenters. The molecule has 0 saturated carbocycles. The number of nitrogens with zero attached hydrogens (tertiary/aromatic N) is 1. The maximum atomic E-state index is 11.9. The molecule has 1 fully saturated rings. The molecule has 0 aromatic heterocycles. The van der Waals surface area contributed by atoms with Crippen molar-refractivity contribution in [2.75, 3.05) is 33.4 Å². The van der Waals surface area contributed by atoms with Gasteiger partial charge in [0.1, 0.15) is 0 Å². The maximum absolute atomic E-state index is 11.9. The zero-order valence-corrected chi connectivity index (χ0v) is 12.0. The molecule has 18 heavy (non-hydrogen) atoms. The van der Waals surface area contributed by atoms with E-state index in [4.69, 9.17) is 22.7 Å². The van der Waals surface area contributed by atoms with Crippen molar-refractivity contribution >= 4 is 23.1 Å². The largest absolute Gasteiger partial charge is 0.391 e. The normalized spacial score (nSPS) is 19.4. The van der Waals surface area contributed by atoms with Crippen LogP contribution in [0.15, 0.2) is 0 Å². The molecule has 0 spiro atoms. The number of nitrogens with one attached hydrogen (secondary N) is 1. The van der Waals surface area contributed by atoms with Gasteiger partial charge in [-0.2, -0.15) is 0 Å². The molecule has 0 radical (unpaired) electrons. The molecule has 0 aliphatic carbocycles. The quantitative estimate of drug-likeness (QED) is 0.537. The third kappa shape index (κ3) is 4.19. The van der Waals surface area contributed by atoms with Crippen LogP contribution in [0.2, 0.25) is 0 Å². The average Bonchev–Trinajstić information content (AvgIpc) is 2.32. The minimum Gasteiger partial charge on any atom is -0.391 e. The van der Waals surface area contributed by atoms with Gasteiger partial charge in [-0.3, -0.25) is 4.79 Å². The highest BCUT2D eigenvalue weighted by Gasteiger charge is 2.37. The predicted octanol–water partition coefficient (Wildman–Crippen LogP) is 0.280. The number of likely N-dealkylation sites (tertiary alicyclic amines) is 1. The summed E-state index contributed by atoms with van der Waals surface area (Å²) < 4.78 is 5.17. The van der Waals surface area contributed by atoms with E-state index >= 15 is 0 Å². The molecule has 1 rings (SSSR count). The maximum Gasteiger partial charge on any atom is 0.223 e. The van der Waals surface area contributed by atoms with E-state index in [9.17, 15) is 4.79 Å². The van der Waals surface area contributed by atoms with Gasteiger partial charge in [-0.05, 0) is 26.8 Å². The van der Waals surface area contributed by atoms with Crippen molar-refractivity contribution in [3.05, 3.63) is 0 Å². The number of thiocarbonyl (C=S) groups is 1. The zero-order valence-electron chi connectivity index (χ0n) is 11.2. The topological polar surface area (TPSA) is 67.6 Å². The Bertz CT molecular complexity index is 302. The van der Waals surface area contributed by atoms with Gasteiger partial charge in [-0.25, -0.2) is 0 Å². The predicted molar refractivity (Wildman–Crippen MR) is 75.5 cm³/mol. The van der Waals surface area contributed by atoms with Gasteiger partial charge in [0.15, 0.2) is 0 Å². The van der Waals surface area contributed by atoms with Crippen LogP contribution in [0.3, 0.4) is 0 Å². The van der Waals surface area contributed by atoms with Crippen LogP contribution in [-0.2, 0) is 9.53 Å². The molecule has 0 aromatic carbocycles. The summed E-state index contributed by atoms with van der Waals surface area (Å²) in [5, 5.41) is 3.00. The van der Waals surface area contributed by atoms with Crippen molar-refractivity contribution < 1.29 is 9.53 Å². The number of rotatable bonds is 6. The Morgan fingerprint density at radius 3 is 2.61 bits per heavy atom. The van der Waals surface area contributed by atoms with Gasteiger partial charge in [0.2, 0.25) is 5.91 Å². The van der Waals surface area contributed by atoms with Crippen LogP contribution < -0.4 is 11.1 Å². The van der Waals surface area contributed by atoms with Crippen molar-refractivity contribution in [3.63, 3.8) is 0 Å². The van der Waals surface area contributed by atoms with Crippen LogP contribution >= 0.6 is 12.2 Å². The molecule has 104 valence electrons. The van der Waals surface area contributed by atoms with Crippen molar-refractivity contribution in [2.45, 2.75) is 31.7 Å². The van der Waals surface area contributed by atoms with Crippen LogP contribution in [0.5, 0.6) is 0 Å². The summed E-state index contributed by atoms with van der Waals surface area (Å²) in [6, 6.07) is 0. The Morgan fingerprint density at radius 1 is 1.50 bits per heavy atom. The number of carbonyl (C=O) groups is 1. The average molecular weight is 273 g/mol. The summed E-state index contributed by atoms with van der Waals surface area (Å²) in [6.07, 6.45) is 1.91. The van der Waals surface area contributed by atoms with E-state index in [1.807, 2.05) is 6.92 Å². The van der Waals surface area contributed by atoms with Crippen molar-refractivity contribution in [3.8, 4) is 0 Å². The standard InChI is InChI=1S/C12H23N3O2S/c1-3-17-9-4-10(16)14-12(11(13)18)5-7-15(2)8-6-12/h3-9H2,1-2H3,(H2,13,18)(H,14,16).